The van der Waals surface area contributed by atoms with Crippen molar-refractivity contribution >= 4 is 10.8 Å². The summed E-state index contributed by atoms with van der Waals surface area (Å²) in [7, 11) is 0. The first kappa shape index (κ1) is 16.4. The van der Waals surface area contributed by atoms with Crippen molar-refractivity contribution in [1.29, 1.82) is 0 Å². The van der Waals surface area contributed by atoms with Crippen molar-refractivity contribution in [3.05, 3.63) is 102 Å². The molecule has 0 fully saturated rings. The second kappa shape index (κ2) is 6.34. The van der Waals surface area contributed by atoms with E-state index in [-0.39, 0.29) is 5.41 Å². The predicted octanol–water partition coefficient (Wildman–Crippen LogP) is 6.54. The van der Waals surface area contributed by atoms with Gasteiger partial charge in [-0.15, -0.1) is 0 Å². The number of fused-ring (bicyclic) bond motifs is 1. The second-order valence-corrected chi connectivity index (χ2v) is 7.22. The Balaban J connectivity index is 1.92. The molecule has 0 radical (unpaired) electrons. The molecule has 4 rings (SSSR count). The van der Waals surface area contributed by atoms with Crippen LogP contribution in [0.25, 0.3) is 21.9 Å². The average molecular weight is 338 g/mol. The molecule has 1 nitrogen and oxygen atoms in total. The number of phenols is 1. The Morgan fingerprint density at radius 3 is 2.04 bits per heavy atom. The molecule has 0 aliphatic carbocycles. The number of para-hydroxylation sites is 1. The summed E-state index contributed by atoms with van der Waals surface area (Å²) >= 11 is 0. The fourth-order valence-electron chi connectivity index (χ4n) is 3.74. The average Bonchev–Trinajstić information content (AvgIpc) is 2.68. The van der Waals surface area contributed by atoms with Crippen molar-refractivity contribution in [2.45, 2.75) is 19.3 Å². The van der Waals surface area contributed by atoms with E-state index in [9.17, 15) is 5.11 Å². The maximum absolute atomic E-state index is 11.2. The van der Waals surface area contributed by atoms with Crippen LogP contribution in [0.2, 0.25) is 0 Å². The molecule has 0 aromatic heterocycles. The van der Waals surface area contributed by atoms with Gasteiger partial charge in [-0.05, 0) is 21.9 Å². The molecule has 128 valence electrons. The molecule has 1 N–H and O–H groups in total. The second-order valence-electron chi connectivity index (χ2n) is 7.22. The summed E-state index contributed by atoms with van der Waals surface area (Å²) in [5, 5.41) is 13.5. The van der Waals surface area contributed by atoms with E-state index in [0.29, 0.717) is 5.75 Å². The fraction of sp³-hybridized carbons (Fsp3) is 0.120. The van der Waals surface area contributed by atoms with Crippen molar-refractivity contribution in [2.24, 2.45) is 0 Å². The van der Waals surface area contributed by atoms with Gasteiger partial charge in [-0.3, -0.25) is 0 Å². The third-order valence-corrected chi connectivity index (χ3v) is 5.28. The molecule has 0 bridgehead atoms. The topological polar surface area (TPSA) is 20.2 Å². The third-order valence-electron chi connectivity index (χ3n) is 5.28. The minimum absolute atomic E-state index is 0.286. The monoisotopic (exact) mass is 338 g/mol. The van der Waals surface area contributed by atoms with Gasteiger partial charge >= 0.3 is 0 Å². The minimum Gasteiger partial charge on any atom is -0.507 e. The summed E-state index contributed by atoms with van der Waals surface area (Å²) < 4.78 is 0. The van der Waals surface area contributed by atoms with Crippen LogP contribution in [0.1, 0.15) is 25.0 Å². The Labute approximate surface area is 154 Å². The van der Waals surface area contributed by atoms with Gasteiger partial charge in [0.15, 0.2) is 0 Å². The maximum atomic E-state index is 11.2. The Bertz CT molecular complexity index is 1060. The Morgan fingerprint density at radius 2 is 1.23 bits per heavy atom. The van der Waals surface area contributed by atoms with E-state index in [2.05, 4.69) is 50.2 Å². The van der Waals surface area contributed by atoms with Crippen LogP contribution in [0.4, 0.5) is 0 Å². The van der Waals surface area contributed by atoms with Crippen LogP contribution in [-0.2, 0) is 5.41 Å². The molecule has 0 amide bonds. The summed E-state index contributed by atoms with van der Waals surface area (Å²) in [5.74, 6) is 0.359. The van der Waals surface area contributed by atoms with E-state index in [1.54, 1.807) is 0 Å². The third kappa shape index (κ3) is 2.66. The highest BCUT2D eigenvalue weighted by Gasteiger charge is 2.27. The molecule has 0 saturated heterocycles. The van der Waals surface area contributed by atoms with Crippen LogP contribution in [0.3, 0.4) is 0 Å². The normalized spacial score (nSPS) is 11.6. The minimum atomic E-state index is -0.286. The molecule has 26 heavy (non-hydrogen) atoms. The number of aromatic hydroxyl groups is 1. The lowest BCUT2D eigenvalue weighted by atomic mass is 9.76. The molecule has 0 aliphatic rings. The maximum Gasteiger partial charge on any atom is 0.127 e. The zero-order chi connectivity index (χ0) is 18.1. The number of benzene rings is 4. The lowest BCUT2D eigenvalue weighted by Gasteiger charge is -2.28. The van der Waals surface area contributed by atoms with E-state index < -0.39 is 0 Å². The number of hydrogen-bond donors (Lipinski definition) is 1. The van der Waals surface area contributed by atoms with Gasteiger partial charge in [-0.25, -0.2) is 0 Å². The molecule has 0 unspecified atom stereocenters. The molecule has 4 aromatic rings. The van der Waals surface area contributed by atoms with Crippen LogP contribution >= 0.6 is 0 Å². The largest absolute Gasteiger partial charge is 0.507 e. The summed E-state index contributed by atoms with van der Waals surface area (Å²) in [6.07, 6.45) is 0. The molecule has 0 aliphatic heterocycles. The van der Waals surface area contributed by atoms with Crippen LogP contribution in [0.5, 0.6) is 5.75 Å². The van der Waals surface area contributed by atoms with Gasteiger partial charge < -0.3 is 5.11 Å². The van der Waals surface area contributed by atoms with Gasteiger partial charge in [0, 0.05) is 16.5 Å². The SMILES string of the molecule is CC(C)(c1ccccc1)c1cccc(-c2cccc3ccccc23)c1O. The summed E-state index contributed by atoms with van der Waals surface area (Å²) in [5.41, 5.74) is 3.78. The highest BCUT2D eigenvalue weighted by Crippen LogP contribution is 2.43. The zero-order valence-corrected chi connectivity index (χ0v) is 15.1. The van der Waals surface area contributed by atoms with Crippen molar-refractivity contribution in [1.82, 2.24) is 0 Å². The lowest BCUT2D eigenvalue weighted by molar-refractivity contribution is 0.455. The van der Waals surface area contributed by atoms with Crippen LogP contribution < -0.4 is 0 Å². The summed E-state index contributed by atoms with van der Waals surface area (Å²) in [4.78, 5) is 0. The summed E-state index contributed by atoms with van der Waals surface area (Å²) in [6, 6.07) is 30.9. The first-order valence-electron chi connectivity index (χ1n) is 8.95. The van der Waals surface area contributed by atoms with Crippen molar-refractivity contribution < 1.29 is 5.11 Å². The van der Waals surface area contributed by atoms with Crippen LogP contribution in [-0.4, -0.2) is 5.11 Å². The number of phenolic OH excluding ortho intramolecular Hbond substituents is 1. The molecule has 0 saturated carbocycles. The molecule has 0 heterocycles. The van der Waals surface area contributed by atoms with Crippen LogP contribution in [0, 0.1) is 0 Å². The quantitative estimate of drug-likeness (QED) is 0.450. The lowest BCUT2D eigenvalue weighted by Crippen LogP contribution is -2.19. The Hall–Kier alpha value is -3.06. The van der Waals surface area contributed by atoms with Crippen LogP contribution in [0.15, 0.2) is 91.0 Å². The van der Waals surface area contributed by atoms with E-state index in [4.69, 9.17) is 0 Å². The number of rotatable bonds is 3. The van der Waals surface area contributed by atoms with Crippen molar-refractivity contribution in [2.75, 3.05) is 0 Å². The van der Waals surface area contributed by atoms with E-state index >= 15 is 0 Å². The van der Waals surface area contributed by atoms with E-state index in [1.807, 2.05) is 54.6 Å². The summed E-state index contributed by atoms with van der Waals surface area (Å²) in [6.45, 7) is 4.31. The van der Waals surface area contributed by atoms with Gasteiger partial charge in [-0.2, -0.15) is 0 Å². The van der Waals surface area contributed by atoms with Gasteiger partial charge in [-0.1, -0.05) is 105 Å². The van der Waals surface area contributed by atoms with E-state index in [1.165, 1.54) is 10.9 Å². The van der Waals surface area contributed by atoms with Gasteiger partial charge in [0.2, 0.25) is 0 Å². The molecule has 0 spiro atoms. The molecule has 4 aromatic carbocycles. The molecular formula is C25H22O. The first-order valence-corrected chi connectivity index (χ1v) is 8.95. The van der Waals surface area contributed by atoms with E-state index in [0.717, 1.165) is 22.1 Å². The highest BCUT2D eigenvalue weighted by atomic mass is 16.3. The van der Waals surface area contributed by atoms with Crippen molar-refractivity contribution in [3.8, 4) is 16.9 Å². The zero-order valence-electron chi connectivity index (χ0n) is 15.1. The Kier molecular flexibility index (Phi) is 4.00. The Morgan fingerprint density at radius 1 is 0.615 bits per heavy atom. The smallest absolute Gasteiger partial charge is 0.127 e. The standard InChI is InChI=1S/C25H22O/c1-25(2,19-12-4-3-5-13-19)23-17-9-16-22(24(23)26)21-15-8-11-18-10-6-7-14-20(18)21/h3-17,26H,1-2H3. The van der Waals surface area contributed by atoms with Gasteiger partial charge in [0.05, 0.1) is 0 Å². The van der Waals surface area contributed by atoms with Crippen molar-refractivity contribution in [3.63, 3.8) is 0 Å². The van der Waals surface area contributed by atoms with Gasteiger partial charge in [0.1, 0.15) is 5.75 Å². The fourth-order valence-corrected chi connectivity index (χ4v) is 3.74. The predicted molar refractivity (Wildman–Crippen MR) is 110 cm³/mol. The molecule has 0 atom stereocenters. The highest BCUT2D eigenvalue weighted by molar-refractivity contribution is 5.98. The molecule has 1 heteroatoms. The van der Waals surface area contributed by atoms with Gasteiger partial charge in [0.25, 0.3) is 0 Å². The first-order chi connectivity index (χ1) is 12.6. The number of hydrogen-bond acceptors (Lipinski definition) is 1. The molecular weight excluding hydrogens is 316 g/mol.